The first-order valence-corrected chi connectivity index (χ1v) is 10.1. The number of rotatable bonds is 3. The Labute approximate surface area is 182 Å². The molecule has 3 aromatic rings. The molecule has 6 nitrogen and oxygen atoms in total. The van der Waals surface area contributed by atoms with Crippen LogP contribution in [0.2, 0.25) is 10.0 Å². The number of halogens is 2. The minimum absolute atomic E-state index is 0.0325. The number of benzene rings is 3. The summed E-state index contributed by atoms with van der Waals surface area (Å²) in [5, 5.41) is 19.1. The number of nitro benzene ring substituents is 1. The molecular weight excluding hydrogens is 425 g/mol. The Morgan fingerprint density at radius 2 is 1.70 bits per heavy atom. The number of nitro groups is 1. The highest BCUT2D eigenvalue weighted by atomic mass is 35.5. The summed E-state index contributed by atoms with van der Waals surface area (Å²) in [5.74, 6) is 0.733. The second-order valence-corrected chi connectivity index (χ2v) is 8.03. The third-order valence-corrected chi connectivity index (χ3v) is 5.81. The van der Waals surface area contributed by atoms with E-state index in [0.717, 1.165) is 28.2 Å². The molecular formula is C22H15Cl2N3O3. The quantitative estimate of drug-likeness (QED) is 0.362. The molecule has 2 aliphatic heterocycles. The Morgan fingerprint density at radius 3 is 2.40 bits per heavy atom. The Morgan fingerprint density at radius 1 is 1.00 bits per heavy atom. The number of fused-ring (bicyclic) bond motifs is 3. The average molecular weight is 440 g/mol. The number of ether oxygens (including phenoxy) is 1. The SMILES string of the molecule is O=[N+]([O-])c1ccc(C2Oc3ccc(Cl)cc3C3CC(c4ccc(Cl)cc4)=NN32)cc1. The van der Waals surface area contributed by atoms with Crippen molar-refractivity contribution in [2.24, 2.45) is 5.10 Å². The van der Waals surface area contributed by atoms with E-state index in [1.807, 2.05) is 41.4 Å². The van der Waals surface area contributed by atoms with Gasteiger partial charge in [0, 0.05) is 39.7 Å². The Bertz CT molecular complexity index is 1160. The van der Waals surface area contributed by atoms with Gasteiger partial charge in [-0.25, -0.2) is 5.01 Å². The molecule has 150 valence electrons. The van der Waals surface area contributed by atoms with Gasteiger partial charge in [0.2, 0.25) is 6.23 Å². The van der Waals surface area contributed by atoms with E-state index in [2.05, 4.69) is 0 Å². The van der Waals surface area contributed by atoms with Crippen LogP contribution in [0.1, 0.15) is 35.4 Å². The van der Waals surface area contributed by atoms with Crippen molar-refractivity contribution in [2.45, 2.75) is 18.7 Å². The summed E-state index contributed by atoms with van der Waals surface area (Å²) in [4.78, 5) is 10.6. The second kappa shape index (κ2) is 7.31. The number of hydrogen-bond acceptors (Lipinski definition) is 5. The van der Waals surface area contributed by atoms with E-state index in [4.69, 9.17) is 33.0 Å². The standard InChI is InChI=1S/C22H15Cl2N3O3/c23-15-5-1-13(2-6-15)19-12-20-18-11-16(24)7-10-21(18)30-22(26(20)25-19)14-3-8-17(9-4-14)27(28)29/h1-11,20,22H,12H2. The van der Waals surface area contributed by atoms with Crippen molar-refractivity contribution in [2.75, 3.05) is 0 Å². The Balaban J connectivity index is 1.57. The third-order valence-electron chi connectivity index (χ3n) is 5.32. The lowest BCUT2D eigenvalue weighted by Gasteiger charge is -2.38. The molecule has 0 bridgehead atoms. The largest absolute Gasteiger partial charge is 0.464 e. The van der Waals surface area contributed by atoms with Gasteiger partial charge in [0.05, 0.1) is 16.7 Å². The van der Waals surface area contributed by atoms with Crippen molar-refractivity contribution < 1.29 is 9.66 Å². The zero-order chi connectivity index (χ0) is 20.8. The fraction of sp³-hybridized carbons (Fsp3) is 0.136. The molecule has 2 atom stereocenters. The van der Waals surface area contributed by atoms with Gasteiger partial charge in [0.25, 0.3) is 5.69 Å². The van der Waals surface area contributed by atoms with Crippen LogP contribution in [0, 0.1) is 10.1 Å². The van der Waals surface area contributed by atoms with Crippen LogP contribution in [0.3, 0.4) is 0 Å². The lowest BCUT2D eigenvalue weighted by Crippen LogP contribution is -2.33. The monoisotopic (exact) mass is 439 g/mol. The number of hydrogen-bond donors (Lipinski definition) is 0. The van der Waals surface area contributed by atoms with E-state index in [1.165, 1.54) is 12.1 Å². The van der Waals surface area contributed by atoms with Crippen LogP contribution in [-0.4, -0.2) is 15.6 Å². The first-order chi connectivity index (χ1) is 14.5. The molecule has 3 aromatic carbocycles. The second-order valence-electron chi connectivity index (χ2n) is 7.15. The molecule has 0 radical (unpaired) electrons. The van der Waals surface area contributed by atoms with Crippen LogP contribution >= 0.6 is 23.2 Å². The summed E-state index contributed by atoms with van der Waals surface area (Å²) in [6.07, 6.45) is 0.177. The topological polar surface area (TPSA) is 68.0 Å². The molecule has 2 unspecified atom stereocenters. The highest BCUT2D eigenvalue weighted by Crippen LogP contribution is 2.48. The maximum Gasteiger partial charge on any atom is 0.269 e. The summed E-state index contributed by atoms with van der Waals surface area (Å²) < 4.78 is 6.26. The van der Waals surface area contributed by atoms with E-state index in [9.17, 15) is 10.1 Å². The fourth-order valence-corrected chi connectivity index (χ4v) is 4.16. The predicted molar refractivity (Wildman–Crippen MR) is 115 cm³/mol. The number of hydrazone groups is 1. The van der Waals surface area contributed by atoms with E-state index in [-0.39, 0.29) is 11.7 Å². The molecule has 0 spiro atoms. The van der Waals surface area contributed by atoms with Crippen molar-refractivity contribution in [3.8, 4) is 5.75 Å². The molecule has 5 rings (SSSR count). The maximum atomic E-state index is 11.0. The highest BCUT2D eigenvalue weighted by Gasteiger charge is 2.41. The van der Waals surface area contributed by atoms with Crippen molar-refractivity contribution in [1.82, 2.24) is 5.01 Å². The van der Waals surface area contributed by atoms with E-state index < -0.39 is 11.2 Å². The third kappa shape index (κ3) is 3.28. The zero-order valence-electron chi connectivity index (χ0n) is 15.5. The first-order valence-electron chi connectivity index (χ1n) is 9.32. The Kier molecular flexibility index (Phi) is 4.60. The van der Waals surface area contributed by atoms with Crippen LogP contribution in [0.25, 0.3) is 0 Å². The van der Waals surface area contributed by atoms with Crippen LogP contribution in [0.4, 0.5) is 5.69 Å². The predicted octanol–water partition coefficient (Wildman–Crippen LogP) is 6.14. The lowest BCUT2D eigenvalue weighted by molar-refractivity contribution is -0.384. The maximum absolute atomic E-state index is 11.0. The summed E-state index contributed by atoms with van der Waals surface area (Å²) >= 11 is 12.3. The van der Waals surface area contributed by atoms with Gasteiger partial charge in [0.15, 0.2) is 0 Å². The van der Waals surface area contributed by atoms with Gasteiger partial charge in [-0.1, -0.05) is 35.3 Å². The van der Waals surface area contributed by atoms with Crippen molar-refractivity contribution in [3.05, 3.63) is 104 Å². The van der Waals surface area contributed by atoms with Crippen molar-refractivity contribution in [3.63, 3.8) is 0 Å². The normalized spacial score (nSPS) is 19.5. The molecule has 0 N–H and O–H groups in total. The van der Waals surface area contributed by atoms with Gasteiger partial charge in [0.1, 0.15) is 5.75 Å². The van der Waals surface area contributed by atoms with Crippen LogP contribution < -0.4 is 4.74 Å². The van der Waals surface area contributed by atoms with Gasteiger partial charge >= 0.3 is 0 Å². The number of nitrogens with zero attached hydrogens (tertiary/aromatic N) is 3. The van der Waals surface area contributed by atoms with Crippen molar-refractivity contribution >= 4 is 34.6 Å². The molecule has 0 aliphatic carbocycles. The van der Waals surface area contributed by atoms with Gasteiger partial charge in [-0.3, -0.25) is 10.1 Å². The fourth-order valence-electron chi connectivity index (χ4n) is 3.86. The van der Waals surface area contributed by atoms with E-state index in [1.54, 1.807) is 18.2 Å². The lowest BCUT2D eigenvalue weighted by atomic mass is 9.96. The summed E-state index contributed by atoms with van der Waals surface area (Å²) in [6, 6.07) is 19.4. The van der Waals surface area contributed by atoms with Crippen molar-refractivity contribution in [1.29, 1.82) is 0 Å². The molecule has 0 aromatic heterocycles. The molecule has 30 heavy (non-hydrogen) atoms. The highest BCUT2D eigenvalue weighted by molar-refractivity contribution is 6.31. The summed E-state index contributed by atoms with van der Waals surface area (Å²) in [5.41, 5.74) is 3.69. The van der Waals surface area contributed by atoms with Gasteiger partial charge in [-0.15, -0.1) is 0 Å². The minimum atomic E-state index is -0.505. The van der Waals surface area contributed by atoms with Crippen LogP contribution in [-0.2, 0) is 0 Å². The van der Waals surface area contributed by atoms with E-state index in [0.29, 0.717) is 16.5 Å². The van der Waals surface area contributed by atoms with Gasteiger partial charge in [-0.2, -0.15) is 5.10 Å². The molecule has 0 fully saturated rings. The molecule has 8 heteroatoms. The van der Waals surface area contributed by atoms with Gasteiger partial charge in [-0.05, 0) is 48.0 Å². The molecule has 2 aliphatic rings. The zero-order valence-corrected chi connectivity index (χ0v) is 17.0. The minimum Gasteiger partial charge on any atom is -0.464 e. The summed E-state index contributed by atoms with van der Waals surface area (Å²) in [7, 11) is 0. The Hall–Kier alpha value is -3.09. The van der Waals surface area contributed by atoms with Gasteiger partial charge < -0.3 is 4.74 Å². The van der Waals surface area contributed by atoms with Crippen LogP contribution in [0.15, 0.2) is 71.8 Å². The molecule has 0 saturated carbocycles. The number of non-ortho nitro benzene ring substituents is 1. The average Bonchev–Trinajstić information content (AvgIpc) is 3.19. The summed E-state index contributed by atoms with van der Waals surface area (Å²) in [6.45, 7) is 0. The molecule has 0 amide bonds. The van der Waals surface area contributed by atoms with E-state index >= 15 is 0 Å². The van der Waals surface area contributed by atoms with Crippen LogP contribution in [0.5, 0.6) is 5.75 Å². The first kappa shape index (κ1) is 18.9. The molecule has 0 saturated heterocycles. The smallest absolute Gasteiger partial charge is 0.269 e. The molecule has 2 heterocycles.